The lowest BCUT2D eigenvalue weighted by Gasteiger charge is -2.28. The maximum Gasteiger partial charge on any atom is 0.410 e. The minimum Gasteiger partial charge on any atom is -0.491 e. The number of ether oxygens (including phenoxy) is 2. The number of benzene rings is 2. The highest BCUT2D eigenvalue weighted by Crippen LogP contribution is 2.22. The number of nitrogens with zero attached hydrogens (tertiary/aromatic N) is 1. The van der Waals surface area contributed by atoms with Crippen molar-refractivity contribution in [3.63, 3.8) is 0 Å². The Morgan fingerprint density at radius 1 is 1.07 bits per heavy atom. The Bertz CT molecular complexity index is 769. The number of carbonyl (C=O) groups excluding carboxylic acids is 1. The van der Waals surface area contributed by atoms with E-state index in [0.717, 1.165) is 12.2 Å². The van der Waals surface area contributed by atoms with Crippen molar-refractivity contribution in [2.45, 2.75) is 51.3 Å². The van der Waals surface area contributed by atoms with Crippen LogP contribution in [0.1, 0.15) is 38.3 Å². The summed E-state index contributed by atoms with van der Waals surface area (Å²) in [5, 5.41) is 0. The molecule has 2 aromatic rings. The molecule has 0 spiro atoms. The van der Waals surface area contributed by atoms with Crippen LogP contribution in [0.25, 0.3) is 0 Å². The quantitative estimate of drug-likeness (QED) is 0.849. The smallest absolute Gasteiger partial charge is 0.410 e. The summed E-state index contributed by atoms with van der Waals surface area (Å²) in [6.07, 6.45) is 1.28. The van der Waals surface area contributed by atoms with Crippen LogP contribution < -0.4 is 10.5 Å². The van der Waals surface area contributed by atoms with Crippen molar-refractivity contribution in [3.05, 3.63) is 65.7 Å². The van der Waals surface area contributed by atoms with Crippen LogP contribution in [0.15, 0.2) is 54.6 Å². The van der Waals surface area contributed by atoms with E-state index in [9.17, 15) is 4.79 Å². The summed E-state index contributed by atoms with van der Waals surface area (Å²) in [4.78, 5) is 14.1. The van der Waals surface area contributed by atoms with Gasteiger partial charge in [-0.15, -0.1) is 0 Å². The molecule has 1 aliphatic rings. The molecule has 5 heteroatoms. The number of rotatable bonds is 5. The highest BCUT2D eigenvalue weighted by molar-refractivity contribution is 5.69. The first-order chi connectivity index (χ1) is 13.3. The second kappa shape index (κ2) is 8.65. The molecule has 0 radical (unpaired) electrons. The molecule has 1 saturated heterocycles. The van der Waals surface area contributed by atoms with Gasteiger partial charge in [0, 0.05) is 12.6 Å². The second-order valence-electron chi connectivity index (χ2n) is 8.40. The van der Waals surface area contributed by atoms with E-state index in [-0.39, 0.29) is 18.2 Å². The molecule has 1 aliphatic heterocycles. The van der Waals surface area contributed by atoms with Crippen LogP contribution in [0.3, 0.4) is 0 Å². The van der Waals surface area contributed by atoms with E-state index in [4.69, 9.17) is 15.2 Å². The zero-order valence-electron chi connectivity index (χ0n) is 16.9. The van der Waals surface area contributed by atoms with E-state index < -0.39 is 5.60 Å². The fourth-order valence-electron chi connectivity index (χ4n) is 3.38. The lowest BCUT2D eigenvalue weighted by Crippen LogP contribution is -2.42. The highest BCUT2D eigenvalue weighted by atomic mass is 16.6. The molecule has 5 nitrogen and oxygen atoms in total. The summed E-state index contributed by atoms with van der Waals surface area (Å²) in [5.41, 5.74) is 8.06. The molecule has 2 atom stereocenters. The molecule has 1 fully saturated rings. The van der Waals surface area contributed by atoms with Crippen LogP contribution in [-0.2, 0) is 11.2 Å². The highest BCUT2D eigenvalue weighted by Gasteiger charge is 2.36. The molecule has 3 rings (SSSR count). The average molecular weight is 383 g/mol. The van der Waals surface area contributed by atoms with Gasteiger partial charge in [0.15, 0.2) is 0 Å². The Labute approximate surface area is 167 Å². The van der Waals surface area contributed by atoms with Gasteiger partial charge in [-0.25, -0.2) is 4.79 Å². The van der Waals surface area contributed by atoms with Crippen LogP contribution in [0.2, 0.25) is 0 Å². The maximum absolute atomic E-state index is 12.4. The lowest BCUT2D eigenvalue weighted by molar-refractivity contribution is 0.0186. The van der Waals surface area contributed by atoms with Crippen molar-refractivity contribution < 1.29 is 14.3 Å². The minimum atomic E-state index is -0.524. The third kappa shape index (κ3) is 5.73. The fraction of sp³-hybridized carbons (Fsp3) is 0.435. The molecule has 0 saturated carbocycles. The van der Waals surface area contributed by atoms with E-state index in [1.165, 1.54) is 11.1 Å². The first-order valence-electron chi connectivity index (χ1n) is 9.81. The minimum absolute atomic E-state index is 0.0469. The van der Waals surface area contributed by atoms with Crippen molar-refractivity contribution in [2.75, 3.05) is 13.2 Å². The molecule has 0 aromatic heterocycles. The first-order valence-corrected chi connectivity index (χ1v) is 9.81. The van der Waals surface area contributed by atoms with E-state index >= 15 is 0 Å². The number of nitrogens with two attached hydrogens (primary N) is 1. The van der Waals surface area contributed by atoms with Gasteiger partial charge < -0.3 is 20.1 Å². The van der Waals surface area contributed by atoms with Gasteiger partial charge in [0.05, 0.1) is 6.04 Å². The molecule has 0 unspecified atom stereocenters. The molecule has 28 heavy (non-hydrogen) atoms. The Morgan fingerprint density at radius 3 is 2.36 bits per heavy atom. The summed E-state index contributed by atoms with van der Waals surface area (Å²) in [7, 11) is 0. The molecular formula is C23H30N2O3. The zero-order chi connectivity index (χ0) is 20.1. The topological polar surface area (TPSA) is 64.8 Å². The van der Waals surface area contributed by atoms with Crippen LogP contribution in [0, 0.1) is 0 Å². The van der Waals surface area contributed by atoms with E-state index in [1.807, 2.05) is 39.0 Å². The van der Waals surface area contributed by atoms with Gasteiger partial charge in [0.2, 0.25) is 0 Å². The van der Waals surface area contributed by atoms with E-state index in [1.54, 1.807) is 4.90 Å². The molecule has 2 N–H and O–H groups in total. The third-order valence-corrected chi connectivity index (χ3v) is 4.69. The van der Waals surface area contributed by atoms with Gasteiger partial charge in [-0.1, -0.05) is 42.5 Å². The number of amides is 1. The summed E-state index contributed by atoms with van der Waals surface area (Å²) in [6, 6.07) is 18.4. The molecule has 1 amide bonds. The first kappa shape index (κ1) is 20.2. The number of hydrogen-bond acceptors (Lipinski definition) is 4. The van der Waals surface area contributed by atoms with Gasteiger partial charge in [-0.05, 0) is 56.9 Å². The van der Waals surface area contributed by atoms with Crippen molar-refractivity contribution >= 4 is 6.09 Å². The number of hydrogen-bond donors (Lipinski definition) is 1. The standard InChI is InChI=1S/C23H30N2O3/c1-23(2,3)28-22(26)25-15-19(24)14-20(25)16-27-21-11-9-18(10-12-21)13-17-7-5-4-6-8-17/h4-12,19-20H,13-16,24H2,1-3H3/t19-,20-/m0/s1. The second-order valence-corrected chi connectivity index (χ2v) is 8.40. The Hall–Kier alpha value is -2.53. The lowest BCUT2D eigenvalue weighted by atomic mass is 10.1. The molecule has 0 bridgehead atoms. The van der Waals surface area contributed by atoms with Crippen molar-refractivity contribution in [1.82, 2.24) is 4.90 Å². The van der Waals surface area contributed by atoms with Gasteiger partial charge in [-0.3, -0.25) is 0 Å². The van der Waals surface area contributed by atoms with Crippen LogP contribution in [0.4, 0.5) is 4.79 Å². The molecular weight excluding hydrogens is 352 g/mol. The Kier molecular flexibility index (Phi) is 6.25. The predicted molar refractivity (Wildman–Crippen MR) is 111 cm³/mol. The van der Waals surface area contributed by atoms with Crippen molar-refractivity contribution in [1.29, 1.82) is 0 Å². The van der Waals surface area contributed by atoms with Gasteiger partial charge >= 0.3 is 6.09 Å². The zero-order valence-corrected chi connectivity index (χ0v) is 16.9. The fourth-order valence-corrected chi connectivity index (χ4v) is 3.38. The number of carbonyl (C=O) groups is 1. The van der Waals surface area contributed by atoms with E-state index in [0.29, 0.717) is 19.6 Å². The van der Waals surface area contributed by atoms with Crippen LogP contribution >= 0.6 is 0 Å². The summed E-state index contributed by atoms with van der Waals surface area (Å²) in [6.45, 7) is 6.50. The summed E-state index contributed by atoms with van der Waals surface area (Å²) in [5.74, 6) is 0.793. The summed E-state index contributed by atoms with van der Waals surface area (Å²) >= 11 is 0. The monoisotopic (exact) mass is 382 g/mol. The van der Waals surface area contributed by atoms with Crippen LogP contribution in [0.5, 0.6) is 5.75 Å². The van der Waals surface area contributed by atoms with Crippen molar-refractivity contribution in [3.8, 4) is 5.75 Å². The average Bonchev–Trinajstić information content (AvgIpc) is 3.02. The maximum atomic E-state index is 12.4. The van der Waals surface area contributed by atoms with Crippen molar-refractivity contribution in [2.24, 2.45) is 5.73 Å². The number of likely N-dealkylation sites (tertiary alicyclic amines) is 1. The predicted octanol–water partition coefficient (Wildman–Crippen LogP) is 3.99. The third-order valence-electron chi connectivity index (χ3n) is 4.69. The molecule has 2 aromatic carbocycles. The van der Waals surface area contributed by atoms with Gasteiger partial charge in [0.1, 0.15) is 18.0 Å². The molecule has 150 valence electrons. The van der Waals surface area contributed by atoms with Gasteiger partial charge in [0.25, 0.3) is 0 Å². The normalized spacial score (nSPS) is 19.5. The van der Waals surface area contributed by atoms with Crippen LogP contribution in [-0.4, -0.2) is 41.8 Å². The molecule has 1 heterocycles. The Morgan fingerprint density at radius 2 is 1.71 bits per heavy atom. The SMILES string of the molecule is CC(C)(C)OC(=O)N1C[C@@H](N)C[C@H]1COc1ccc(Cc2ccccc2)cc1. The van der Waals surface area contributed by atoms with E-state index in [2.05, 4.69) is 36.4 Å². The Balaban J connectivity index is 1.55. The largest absolute Gasteiger partial charge is 0.491 e. The van der Waals surface area contributed by atoms with Gasteiger partial charge in [-0.2, -0.15) is 0 Å². The summed E-state index contributed by atoms with van der Waals surface area (Å²) < 4.78 is 11.4. The molecule has 0 aliphatic carbocycles.